The van der Waals surface area contributed by atoms with Crippen LogP contribution in [0.4, 0.5) is 0 Å². The minimum Gasteiger partial charge on any atom is -0.331 e. The molecule has 0 aromatic carbocycles. The van der Waals surface area contributed by atoms with Gasteiger partial charge in [-0.05, 0) is 18.6 Å². The smallest absolute Gasteiger partial charge is 0.330 e. The van der Waals surface area contributed by atoms with Crippen LogP contribution in [-0.2, 0) is 6.54 Å². The summed E-state index contributed by atoms with van der Waals surface area (Å²) in [7, 11) is 0. The molecule has 0 aliphatic rings. The standard InChI is InChI=1S/C12H11ClN4O2S/c1-2-5-17-10-8(11(18)16-12(17)19)14-9(15-10)6-3-4-7(13)20-6/h3-4H,2,5H2,1H3,(H,14,15)(H,16,18,19). The second kappa shape index (κ2) is 4.92. The van der Waals surface area contributed by atoms with Gasteiger partial charge in [0.1, 0.15) is 5.52 Å². The molecule has 0 bridgehead atoms. The number of rotatable bonds is 3. The fourth-order valence-electron chi connectivity index (χ4n) is 2.03. The van der Waals surface area contributed by atoms with Crippen LogP contribution in [0.3, 0.4) is 0 Å². The molecule has 8 heteroatoms. The minimum atomic E-state index is -0.459. The van der Waals surface area contributed by atoms with Crippen molar-refractivity contribution < 1.29 is 0 Å². The van der Waals surface area contributed by atoms with Crippen molar-refractivity contribution in [2.75, 3.05) is 0 Å². The van der Waals surface area contributed by atoms with Gasteiger partial charge in [-0.3, -0.25) is 14.3 Å². The van der Waals surface area contributed by atoms with Crippen LogP contribution in [0.5, 0.6) is 0 Å². The van der Waals surface area contributed by atoms with Crippen molar-refractivity contribution in [3.63, 3.8) is 0 Å². The number of aryl methyl sites for hydroxylation is 1. The van der Waals surface area contributed by atoms with Crippen LogP contribution in [0.2, 0.25) is 4.34 Å². The van der Waals surface area contributed by atoms with Gasteiger partial charge in [-0.1, -0.05) is 18.5 Å². The summed E-state index contributed by atoms with van der Waals surface area (Å²) in [6, 6.07) is 3.58. The molecular formula is C12H11ClN4O2S. The third kappa shape index (κ3) is 2.08. The first kappa shape index (κ1) is 13.1. The lowest BCUT2D eigenvalue weighted by molar-refractivity contribution is 0.653. The molecule has 2 N–H and O–H groups in total. The summed E-state index contributed by atoms with van der Waals surface area (Å²) in [4.78, 5) is 34.1. The molecule has 0 atom stereocenters. The highest BCUT2D eigenvalue weighted by atomic mass is 35.5. The number of aromatic nitrogens is 4. The lowest BCUT2D eigenvalue weighted by Gasteiger charge is -2.02. The Morgan fingerprint density at radius 3 is 2.80 bits per heavy atom. The Labute approximate surface area is 122 Å². The summed E-state index contributed by atoms with van der Waals surface area (Å²) in [6.45, 7) is 2.46. The number of hydrogen-bond donors (Lipinski definition) is 2. The van der Waals surface area contributed by atoms with Crippen molar-refractivity contribution in [3.05, 3.63) is 37.3 Å². The van der Waals surface area contributed by atoms with E-state index < -0.39 is 11.2 Å². The Morgan fingerprint density at radius 1 is 1.35 bits per heavy atom. The zero-order valence-corrected chi connectivity index (χ0v) is 12.1. The maximum Gasteiger partial charge on any atom is 0.330 e. The van der Waals surface area contributed by atoms with E-state index in [1.165, 1.54) is 15.9 Å². The van der Waals surface area contributed by atoms with Gasteiger partial charge in [0, 0.05) is 6.54 Å². The quantitative estimate of drug-likeness (QED) is 0.778. The van der Waals surface area contributed by atoms with Gasteiger partial charge >= 0.3 is 5.69 Å². The van der Waals surface area contributed by atoms with Gasteiger partial charge in [-0.25, -0.2) is 9.78 Å². The highest BCUT2D eigenvalue weighted by Crippen LogP contribution is 2.29. The second-order valence-electron chi connectivity index (χ2n) is 4.30. The van der Waals surface area contributed by atoms with E-state index in [4.69, 9.17) is 11.6 Å². The number of imidazole rings is 1. The fraction of sp³-hybridized carbons (Fsp3) is 0.250. The Kier molecular flexibility index (Phi) is 3.23. The van der Waals surface area contributed by atoms with E-state index in [9.17, 15) is 9.59 Å². The van der Waals surface area contributed by atoms with E-state index in [-0.39, 0.29) is 0 Å². The van der Waals surface area contributed by atoms with Crippen LogP contribution in [0.1, 0.15) is 13.3 Å². The van der Waals surface area contributed by atoms with E-state index in [0.29, 0.717) is 27.9 Å². The van der Waals surface area contributed by atoms with E-state index >= 15 is 0 Å². The van der Waals surface area contributed by atoms with E-state index in [2.05, 4.69) is 15.0 Å². The van der Waals surface area contributed by atoms with E-state index in [0.717, 1.165) is 11.3 Å². The van der Waals surface area contributed by atoms with Crippen LogP contribution >= 0.6 is 22.9 Å². The van der Waals surface area contributed by atoms with Gasteiger partial charge in [0.15, 0.2) is 11.5 Å². The molecule has 0 fully saturated rings. The largest absolute Gasteiger partial charge is 0.331 e. The number of halogens is 1. The molecule has 3 aromatic rings. The number of aromatic amines is 2. The number of H-pyrrole nitrogens is 2. The summed E-state index contributed by atoms with van der Waals surface area (Å²) in [5.41, 5.74) is -0.219. The molecule has 104 valence electrons. The SMILES string of the molecule is CCCn1c(=O)[nH]c(=O)c2[nH]c(-c3ccc(Cl)s3)nc21. The molecule has 6 nitrogen and oxygen atoms in total. The summed E-state index contributed by atoms with van der Waals surface area (Å²) >= 11 is 7.26. The Hall–Kier alpha value is -1.86. The van der Waals surface area contributed by atoms with Crippen molar-refractivity contribution in [1.29, 1.82) is 0 Å². The molecule has 0 saturated carbocycles. The average Bonchev–Trinajstić information content (AvgIpc) is 3.00. The Balaban J connectivity index is 2.29. The van der Waals surface area contributed by atoms with Crippen molar-refractivity contribution in [2.45, 2.75) is 19.9 Å². The molecule has 0 unspecified atom stereocenters. The number of nitrogens with one attached hydrogen (secondary N) is 2. The van der Waals surface area contributed by atoms with Crippen LogP contribution < -0.4 is 11.2 Å². The van der Waals surface area contributed by atoms with Gasteiger partial charge < -0.3 is 4.98 Å². The van der Waals surface area contributed by atoms with E-state index in [1.54, 1.807) is 6.07 Å². The molecule has 0 aliphatic heterocycles. The molecule has 0 spiro atoms. The first-order chi connectivity index (χ1) is 9.60. The second-order valence-corrected chi connectivity index (χ2v) is 6.01. The third-order valence-electron chi connectivity index (χ3n) is 2.89. The predicted molar refractivity (Wildman–Crippen MR) is 79.6 cm³/mol. The van der Waals surface area contributed by atoms with Crippen LogP contribution in [-0.4, -0.2) is 19.5 Å². The van der Waals surface area contributed by atoms with E-state index in [1.807, 2.05) is 13.0 Å². The highest BCUT2D eigenvalue weighted by molar-refractivity contribution is 7.19. The van der Waals surface area contributed by atoms with Gasteiger partial charge in [0.25, 0.3) is 5.56 Å². The Bertz CT molecular complexity index is 889. The molecule has 0 radical (unpaired) electrons. The predicted octanol–water partition coefficient (Wildman–Crippen LogP) is 2.20. The molecule has 3 aromatic heterocycles. The zero-order valence-electron chi connectivity index (χ0n) is 10.6. The van der Waals surface area contributed by atoms with Gasteiger partial charge in [-0.2, -0.15) is 0 Å². The topological polar surface area (TPSA) is 83.5 Å². The monoisotopic (exact) mass is 310 g/mol. The molecule has 3 heterocycles. The molecule has 0 saturated heterocycles. The average molecular weight is 311 g/mol. The van der Waals surface area contributed by atoms with Gasteiger partial charge in [0.2, 0.25) is 0 Å². The van der Waals surface area contributed by atoms with Crippen molar-refractivity contribution in [3.8, 4) is 10.7 Å². The normalized spacial score (nSPS) is 11.3. The number of thiophene rings is 1. The summed E-state index contributed by atoms with van der Waals surface area (Å²) in [6.07, 6.45) is 0.772. The summed E-state index contributed by atoms with van der Waals surface area (Å²) < 4.78 is 2.10. The maximum atomic E-state index is 11.8. The molecule has 0 aliphatic carbocycles. The van der Waals surface area contributed by atoms with Crippen molar-refractivity contribution >= 4 is 34.1 Å². The number of nitrogens with zero attached hydrogens (tertiary/aromatic N) is 2. The van der Waals surface area contributed by atoms with Gasteiger partial charge in [0.05, 0.1) is 9.21 Å². The first-order valence-corrected chi connectivity index (χ1v) is 7.28. The van der Waals surface area contributed by atoms with Crippen LogP contribution in [0.15, 0.2) is 21.7 Å². The third-order valence-corrected chi connectivity index (χ3v) is 4.12. The zero-order chi connectivity index (χ0) is 14.3. The van der Waals surface area contributed by atoms with Crippen LogP contribution in [0, 0.1) is 0 Å². The summed E-state index contributed by atoms with van der Waals surface area (Å²) in [5.74, 6) is 0.540. The Morgan fingerprint density at radius 2 is 2.15 bits per heavy atom. The molecule has 0 amide bonds. The molecular weight excluding hydrogens is 300 g/mol. The summed E-state index contributed by atoms with van der Waals surface area (Å²) in [5, 5.41) is 0. The van der Waals surface area contributed by atoms with Crippen molar-refractivity contribution in [1.82, 2.24) is 19.5 Å². The first-order valence-electron chi connectivity index (χ1n) is 6.08. The minimum absolute atomic E-state index is 0.303. The van der Waals surface area contributed by atoms with Crippen LogP contribution in [0.25, 0.3) is 21.9 Å². The lowest BCUT2D eigenvalue weighted by atomic mass is 10.4. The number of fused-ring (bicyclic) bond motifs is 1. The molecule has 20 heavy (non-hydrogen) atoms. The van der Waals surface area contributed by atoms with Gasteiger partial charge in [-0.15, -0.1) is 11.3 Å². The van der Waals surface area contributed by atoms with Crippen molar-refractivity contribution in [2.24, 2.45) is 0 Å². The maximum absolute atomic E-state index is 11.8. The number of hydrogen-bond acceptors (Lipinski definition) is 4. The lowest BCUT2D eigenvalue weighted by Crippen LogP contribution is -2.30. The highest BCUT2D eigenvalue weighted by Gasteiger charge is 2.14. The molecule has 3 rings (SSSR count). The fourth-order valence-corrected chi connectivity index (χ4v) is 3.02.